The number of fused-ring (bicyclic) bond motifs is 1. The van der Waals surface area contributed by atoms with Crippen molar-refractivity contribution in [3.63, 3.8) is 0 Å². The lowest BCUT2D eigenvalue weighted by atomic mass is 9.54. The molecule has 2 spiro atoms. The number of nitriles is 1. The van der Waals surface area contributed by atoms with Crippen molar-refractivity contribution in [1.29, 1.82) is 5.26 Å². The lowest BCUT2D eigenvalue weighted by Gasteiger charge is -2.56. The Morgan fingerprint density at radius 3 is 2.50 bits per heavy atom. The smallest absolute Gasteiger partial charge is 0.410 e. The maximum absolute atomic E-state index is 12.4. The monoisotopic (exact) mass is 509 g/mol. The number of benzene rings is 1. The van der Waals surface area contributed by atoms with Gasteiger partial charge < -0.3 is 14.4 Å². The van der Waals surface area contributed by atoms with E-state index in [2.05, 4.69) is 11.1 Å². The van der Waals surface area contributed by atoms with E-state index in [1.54, 1.807) is 12.3 Å². The largest absolute Gasteiger partial charge is 0.485 e. The van der Waals surface area contributed by atoms with E-state index in [4.69, 9.17) is 9.47 Å². The maximum Gasteiger partial charge on any atom is 0.410 e. The molecule has 0 N–H and O–H groups in total. The van der Waals surface area contributed by atoms with Gasteiger partial charge in [-0.1, -0.05) is 6.07 Å². The van der Waals surface area contributed by atoms with Gasteiger partial charge in [0.25, 0.3) is 0 Å². The van der Waals surface area contributed by atoms with Gasteiger partial charge in [0.05, 0.1) is 28.4 Å². The van der Waals surface area contributed by atoms with Gasteiger partial charge >= 0.3 is 6.09 Å². The SMILES string of the molecule is CC(C)(C)OC(=O)N1CCC2(CC1)CC1(Cc3cc(-c4ccc(S(C)(=O)=O)cc4C#N)ncc3O1)C2. The van der Waals surface area contributed by atoms with Crippen LogP contribution in [0.15, 0.2) is 35.4 Å². The molecule has 1 saturated carbocycles. The van der Waals surface area contributed by atoms with E-state index in [0.717, 1.165) is 49.7 Å². The van der Waals surface area contributed by atoms with Gasteiger partial charge in [-0.2, -0.15) is 5.26 Å². The Balaban J connectivity index is 1.26. The minimum Gasteiger partial charge on any atom is -0.485 e. The number of ether oxygens (including phenoxy) is 2. The van der Waals surface area contributed by atoms with Crippen molar-refractivity contribution >= 4 is 15.9 Å². The third-order valence-electron chi connectivity index (χ3n) is 7.47. The van der Waals surface area contributed by atoms with Crippen molar-refractivity contribution < 1.29 is 22.7 Å². The predicted molar refractivity (Wildman–Crippen MR) is 133 cm³/mol. The molecule has 190 valence electrons. The highest BCUT2D eigenvalue weighted by Gasteiger charge is 2.59. The summed E-state index contributed by atoms with van der Waals surface area (Å²) >= 11 is 0. The number of amides is 1. The number of piperidine rings is 1. The van der Waals surface area contributed by atoms with Crippen LogP contribution in [0.5, 0.6) is 5.75 Å². The van der Waals surface area contributed by atoms with Gasteiger partial charge in [-0.15, -0.1) is 0 Å². The summed E-state index contributed by atoms with van der Waals surface area (Å²) in [5.74, 6) is 0.769. The number of hydrogen-bond donors (Lipinski definition) is 0. The molecular formula is C27H31N3O5S. The fourth-order valence-electron chi connectivity index (χ4n) is 5.90. The number of carbonyl (C=O) groups is 1. The molecule has 2 fully saturated rings. The van der Waals surface area contributed by atoms with Crippen LogP contribution in [-0.2, 0) is 21.0 Å². The van der Waals surface area contributed by atoms with Crippen LogP contribution in [0, 0.1) is 16.7 Å². The first kappa shape index (κ1) is 24.6. The number of pyridine rings is 1. The molecular weight excluding hydrogens is 478 g/mol. The van der Waals surface area contributed by atoms with E-state index < -0.39 is 15.4 Å². The molecule has 3 heterocycles. The molecule has 5 rings (SSSR count). The third-order valence-corrected chi connectivity index (χ3v) is 8.58. The van der Waals surface area contributed by atoms with Crippen molar-refractivity contribution in [2.24, 2.45) is 5.41 Å². The van der Waals surface area contributed by atoms with E-state index >= 15 is 0 Å². The minimum absolute atomic E-state index is 0.115. The first-order valence-electron chi connectivity index (χ1n) is 12.2. The van der Waals surface area contributed by atoms with Crippen molar-refractivity contribution in [3.05, 3.63) is 41.6 Å². The van der Waals surface area contributed by atoms with Crippen LogP contribution in [0.4, 0.5) is 4.79 Å². The molecule has 1 aliphatic carbocycles. The Morgan fingerprint density at radius 2 is 1.89 bits per heavy atom. The van der Waals surface area contributed by atoms with Crippen LogP contribution in [0.2, 0.25) is 0 Å². The standard InChI is InChI=1S/C27H31N3O5S/c1-25(2,3)35-24(31)30-9-7-26(8-10-30)16-27(17-26)13-18-12-22(29-15-23(18)34-27)21-6-5-20(36(4,32)33)11-19(21)14-28/h5-6,11-12,15H,7-10,13,16-17H2,1-4H3. The maximum atomic E-state index is 12.4. The van der Waals surface area contributed by atoms with E-state index in [9.17, 15) is 18.5 Å². The molecule has 1 saturated heterocycles. The molecule has 36 heavy (non-hydrogen) atoms. The number of carbonyl (C=O) groups excluding carboxylic acids is 1. The van der Waals surface area contributed by atoms with Gasteiger partial charge in [0.2, 0.25) is 0 Å². The van der Waals surface area contributed by atoms with Crippen molar-refractivity contribution in [3.8, 4) is 23.1 Å². The predicted octanol–water partition coefficient (Wildman–Crippen LogP) is 4.51. The molecule has 0 radical (unpaired) electrons. The quantitative estimate of drug-likeness (QED) is 0.586. The van der Waals surface area contributed by atoms with Crippen molar-refractivity contribution in [2.75, 3.05) is 19.3 Å². The van der Waals surface area contributed by atoms with Crippen molar-refractivity contribution in [2.45, 2.75) is 69.0 Å². The van der Waals surface area contributed by atoms with Crippen molar-refractivity contribution in [1.82, 2.24) is 9.88 Å². The van der Waals surface area contributed by atoms with Gasteiger partial charge in [-0.05, 0) is 70.1 Å². The normalized spacial score (nSPS) is 19.8. The topological polar surface area (TPSA) is 110 Å². The summed E-state index contributed by atoms with van der Waals surface area (Å²) in [5.41, 5.74) is 2.02. The summed E-state index contributed by atoms with van der Waals surface area (Å²) in [6.07, 6.45) is 7.14. The molecule has 2 aliphatic heterocycles. The highest BCUT2D eigenvalue weighted by molar-refractivity contribution is 7.90. The fraction of sp³-hybridized carbons (Fsp3) is 0.519. The highest BCUT2D eigenvalue weighted by atomic mass is 32.2. The summed E-state index contributed by atoms with van der Waals surface area (Å²) in [4.78, 5) is 18.9. The van der Waals surface area contributed by atoms with Crippen LogP contribution in [0.1, 0.15) is 57.6 Å². The lowest BCUT2D eigenvalue weighted by molar-refractivity contribution is -0.120. The molecule has 2 aromatic rings. The van der Waals surface area contributed by atoms with Gasteiger partial charge in [0, 0.05) is 36.9 Å². The second-order valence-corrected chi connectivity index (χ2v) is 13.6. The zero-order chi connectivity index (χ0) is 25.9. The fourth-order valence-corrected chi connectivity index (χ4v) is 6.55. The van der Waals surface area contributed by atoms with E-state index in [1.807, 2.05) is 31.7 Å². The number of likely N-dealkylation sites (tertiary alicyclic amines) is 1. The van der Waals surface area contributed by atoms with Crippen LogP contribution < -0.4 is 4.74 Å². The van der Waals surface area contributed by atoms with Gasteiger partial charge in [0.1, 0.15) is 17.0 Å². The zero-order valence-electron chi connectivity index (χ0n) is 21.1. The Labute approximate surface area is 212 Å². The van der Waals surface area contributed by atoms with E-state index in [0.29, 0.717) is 24.3 Å². The molecule has 0 bridgehead atoms. The summed E-state index contributed by atoms with van der Waals surface area (Å²) in [5, 5.41) is 9.61. The Morgan fingerprint density at radius 1 is 1.19 bits per heavy atom. The molecule has 0 atom stereocenters. The number of nitrogens with zero attached hydrogens (tertiary/aromatic N) is 3. The lowest BCUT2D eigenvalue weighted by Crippen LogP contribution is -2.59. The summed E-state index contributed by atoms with van der Waals surface area (Å²) in [7, 11) is -3.41. The van der Waals surface area contributed by atoms with Crippen LogP contribution in [0.3, 0.4) is 0 Å². The number of sulfone groups is 1. The number of rotatable bonds is 2. The summed E-state index contributed by atoms with van der Waals surface area (Å²) < 4.78 is 35.7. The Hall–Kier alpha value is -3.12. The highest BCUT2D eigenvalue weighted by Crippen LogP contribution is 2.60. The third kappa shape index (κ3) is 4.55. The van der Waals surface area contributed by atoms with E-state index in [-0.39, 0.29) is 27.6 Å². The molecule has 8 nitrogen and oxygen atoms in total. The average molecular weight is 510 g/mol. The molecule has 1 aromatic heterocycles. The summed E-state index contributed by atoms with van der Waals surface area (Å²) in [6.45, 7) is 7.04. The molecule has 9 heteroatoms. The van der Waals surface area contributed by atoms with Crippen LogP contribution in [-0.4, -0.2) is 54.9 Å². The molecule has 0 unspecified atom stereocenters. The Bertz CT molecular complexity index is 1370. The Kier molecular flexibility index (Phi) is 5.60. The molecule has 1 amide bonds. The minimum atomic E-state index is -3.41. The number of hydrogen-bond acceptors (Lipinski definition) is 7. The zero-order valence-corrected chi connectivity index (χ0v) is 21.9. The second-order valence-electron chi connectivity index (χ2n) is 11.6. The molecule has 1 aromatic carbocycles. The van der Waals surface area contributed by atoms with Gasteiger partial charge in [-0.3, -0.25) is 4.98 Å². The summed E-state index contributed by atoms with van der Waals surface area (Å²) in [6, 6.07) is 8.61. The van der Waals surface area contributed by atoms with Gasteiger partial charge in [-0.25, -0.2) is 13.2 Å². The first-order valence-corrected chi connectivity index (χ1v) is 14.1. The van der Waals surface area contributed by atoms with E-state index in [1.165, 1.54) is 12.1 Å². The van der Waals surface area contributed by atoms with Crippen LogP contribution in [0.25, 0.3) is 11.3 Å². The second kappa shape index (κ2) is 8.20. The van der Waals surface area contributed by atoms with Crippen LogP contribution >= 0.6 is 0 Å². The number of aromatic nitrogens is 1. The molecule has 3 aliphatic rings. The first-order chi connectivity index (χ1) is 16.8. The average Bonchev–Trinajstić information content (AvgIpc) is 3.15. The van der Waals surface area contributed by atoms with Gasteiger partial charge in [0.15, 0.2) is 9.84 Å².